The van der Waals surface area contributed by atoms with Crippen LogP contribution in [0.5, 0.6) is 0 Å². The Balaban J connectivity index is 2.21. The number of aromatic nitrogens is 2. The Kier molecular flexibility index (Phi) is 2.70. The molecule has 94 valence electrons. The van der Waals surface area contributed by atoms with Crippen molar-refractivity contribution in [3.63, 3.8) is 0 Å². The van der Waals surface area contributed by atoms with Gasteiger partial charge < -0.3 is 9.67 Å². The number of fused-ring (bicyclic) bond motifs is 1. The van der Waals surface area contributed by atoms with E-state index in [4.69, 9.17) is 0 Å². The van der Waals surface area contributed by atoms with E-state index in [1.54, 1.807) is 11.3 Å². The number of imidazole rings is 1. The average molecular weight is 262 g/mol. The molecular formula is C13H14N2O2S. The summed E-state index contributed by atoms with van der Waals surface area (Å²) in [5.41, 5.74) is 2.28. The van der Waals surface area contributed by atoms with Crippen LogP contribution in [-0.2, 0) is 13.0 Å². The molecule has 0 radical (unpaired) electrons. The summed E-state index contributed by atoms with van der Waals surface area (Å²) in [6.07, 6.45) is 2.97. The molecule has 0 aliphatic carbocycles. The van der Waals surface area contributed by atoms with Crippen molar-refractivity contribution in [3.05, 3.63) is 28.4 Å². The van der Waals surface area contributed by atoms with Crippen LogP contribution in [0.25, 0.3) is 10.7 Å². The van der Waals surface area contributed by atoms with E-state index in [-0.39, 0.29) is 5.69 Å². The molecule has 5 heteroatoms. The maximum Gasteiger partial charge on any atom is 0.356 e. The molecule has 2 aromatic rings. The number of rotatable bonds is 2. The zero-order chi connectivity index (χ0) is 12.7. The SMILES string of the molecule is Cc1ccsc1-c1nc(C(=O)O)c2n1CCCC2. The van der Waals surface area contributed by atoms with Crippen LogP contribution >= 0.6 is 11.3 Å². The van der Waals surface area contributed by atoms with Gasteiger partial charge in [-0.2, -0.15) is 0 Å². The van der Waals surface area contributed by atoms with E-state index in [2.05, 4.69) is 9.55 Å². The first-order valence-corrected chi connectivity index (χ1v) is 6.93. The van der Waals surface area contributed by atoms with Gasteiger partial charge in [0, 0.05) is 6.54 Å². The molecule has 2 aromatic heterocycles. The molecule has 0 saturated carbocycles. The second kappa shape index (κ2) is 4.24. The number of carboxylic acid groups (broad SMARTS) is 1. The average Bonchev–Trinajstić information content (AvgIpc) is 2.92. The lowest BCUT2D eigenvalue weighted by Gasteiger charge is -2.16. The summed E-state index contributed by atoms with van der Waals surface area (Å²) in [5, 5.41) is 11.3. The van der Waals surface area contributed by atoms with Crippen LogP contribution in [0.3, 0.4) is 0 Å². The van der Waals surface area contributed by atoms with Crippen molar-refractivity contribution in [3.8, 4) is 10.7 Å². The molecule has 4 nitrogen and oxygen atoms in total. The van der Waals surface area contributed by atoms with E-state index in [9.17, 15) is 9.90 Å². The highest BCUT2D eigenvalue weighted by atomic mass is 32.1. The highest BCUT2D eigenvalue weighted by Gasteiger charge is 2.25. The molecule has 0 fully saturated rings. The van der Waals surface area contributed by atoms with Crippen molar-refractivity contribution >= 4 is 17.3 Å². The monoisotopic (exact) mass is 262 g/mol. The third kappa shape index (κ3) is 1.66. The molecule has 3 heterocycles. The van der Waals surface area contributed by atoms with Crippen molar-refractivity contribution in [2.45, 2.75) is 32.7 Å². The van der Waals surface area contributed by atoms with Gasteiger partial charge in [0.05, 0.1) is 10.6 Å². The maximum absolute atomic E-state index is 11.3. The molecule has 1 aliphatic rings. The Morgan fingerprint density at radius 1 is 1.50 bits per heavy atom. The van der Waals surface area contributed by atoms with Crippen molar-refractivity contribution in [1.82, 2.24) is 9.55 Å². The Labute approximate surface area is 109 Å². The summed E-state index contributed by atoms with van der Waals surface area (Å²) >= 11 is 1.62. The predicted molar refractivity (Wildman–Crippen MR) is 70.2 cm³/mol. The van der Waals surface area contributed by atoms with E-state index in [1.807, 2.05) is 18.4 Å². The molecule has 1 N–H and O–H groups in total. The lowest BCUT2D eigenvalue weighted by molar-refractivity contribution is 0.0689. The number of hydrogen-bond donors (Lipinski definition) is 1. The van der Waals surface area contributed by atoms with Crippen molar-refractivity contribution in [2.75, 3.05) is 0 Å². The fraction of sp³-hybridized carbons (Fsp3) is 0.385. The van der Waals surface area contributed by atoms with Crippen LogP contribution in [0.2, 0.25) is 0 Å². The highest BCUT2D eigenvalue weighted by molar-refractivity contribution is 7.13. The third-order valence-corrected chi connectivity index (χ3v) is 4.40. The van der Waals surface area contributed by atoms with E-state index in [1.165, 1.54) is 0 Å². The Hall–Kier alpha value is -1.62. The van der Waals surface area contributed by atoms with Crippen LogP contribution in [0.1, 0.15) is 34.6 Å². The fourth-order valence-corrected chi connectivity index (χ4v) is 3.41. The number of aryl methyl sites for hydroxylation is 1. The van der Waals surface area contributed by atoms with Gasteiger partial charge in [0.25, 0.3) is 0 Å². The van der Waals surface area contributed by atoms with Crippen LogP contribution in [0.15, 0.2) is 11.4 Å². The first-order valence-electron chi connectivity index (χ1n) is 6.05. The van der Waals surface area contributed by atoms with Gasteiger partial charge in [-0.3, -0.25) is 0 Å². The zero-order valence-electron chi connectivity index (χ0n) is 10.1. The molecule has 0 atom stereocenters. The van der Waals surface area contributed by atoms with Gasteiger partial charge in [-0.25, -0.2) is 9.78 Å². The molecule has 0 bridgehead atoms. The zero-order valence-corrected chi connectivity index (χ0v) is 11.0. The van der Waals surface area contributed by atoms with Gasteiger partial charge in [-0.15, -0.1) is 11.3 Å². The lowest BCUT2D eigenvalue weighted by Crippen LogP contribution is -2.13. The van der Waals surface area contributed by atoms with Gasteiger partial charge in [0.1, 0.15) is 0 Å². The van der Waals surface area contributed by atoms with Gasteiger partial charge in [0.15, 0.2) is 11.5 Å². The smallest absolute Gasteiger partial charge is 0.356 e. The minimum atomic E-state index is -0.916. The minimum absolute atomic E-state index is 0.234. The summed E-state index contributed by atoms with van der Waals surface area (Å²) in [6, 6.07) is 2.05. The van der Waals surface area contributed by atoms with Crippen molar-refractivity contribution < 1.29 is 9.90 Å². The number of thiophene rings is 1. The minimum Gasteiger partial charge on any atom is -0.476 e. The van der Waals surface area contributed by atoms with Gasteiger partial charge in [-0.05, 0) is 43.2 Å². The van der Waals surface area contributed by atoms with Gasteiger partial charge >= 0.3 is 5.97 Å². The fourth-order valence-electron chi connectivity index (χ4n) is 2.49. The summed E-state index contributed by atoms with van der Waals surface area (Å²) in [7, 11) is 0. The number of hydrogen-bond acceptors (Lipinski definition) is 3. The van der Waals surface area contributed by atoms with Gasteiger partial charge in [-0.1, -0.05) is 0 Å². The van der Waals surface area contributed by atoms with E-state index >= 15 is 0 Å². The number of nitrogens with zero attached hydrogens (tertiary/aromatic N) is 2. The number of carbonyl (C=O) groups is 1. The standard InChI is InChI=1S/C13H14N2O2S/c1-8-5-7-18-11(8)12-14-10(13(16)17)9-4-2-3-6-15(9)12/h5,7H,2-4,6H2,1H3,(H,16,17). The Morgan fingerprint density at radius 3 is 3.00 bits per heavy atom. The molecule has 0 unspecified atom stereocenters. The quantitative estimate of drug-likeness (QED) is 0.905. The summed E-state index contributed by atoms with van der Waals surface area (Å²) in [4.78, 5) is 16.7. The van der Waals surface area contributed by atoms with Crippen LogP contribution in [0.4, 0.5) is 0 Å². The molecule has 0 aromatic carbocycles. The van der Waals surface area contributed by atoms with Crippen LogP contribution in [-0.4, -0.2) is 20.6 Å². The van der Waals surface area contributed by atoms with Gasteiger partial charge in [0.2, 0.25) is 0 Å². The van der Waals surface area contributed by atoms with Crippen LogP contribution in [0, 0.1) is 6.92 Å². The summed E-state index contributed by atoms with van der Waals surface area (Å²) in [5.74, 6) is -0.0873. The molecule has 0 amide bonds. The maximum atomic E-state index is 11.3. The Morgan fingerprint density at radius 2 is 2.33 bits per heavy atom. The molecular weight excluding hydrogens is 248 g/mol. The van der Waals surface area contributed by atoms with Crippen molar-refractivity contribution in [1.29, 1.82) is 0 Å². The second-order valence-corrected chi connectivity index (χ2v) is 5.49. The van der Waals surface area contributed by atoms with E-state index in [0.717, 1.165) is 47.8 Å². The molecule has 1 aliphatic heterocycles. The largest absolute Gasteiger partial charge is 0.476 e. The second-order valence-electron chi connectivity index (χ2n) is 4.58. The summed E-state index contributed by atoms with van der Waals surface area (Å²) < 4.78 is 2.09. The molecule has 18 heavy (non-hydrogen) atoms. The van der Waals surface area contributed by atoms with E-state index < -0.39 is 5.97 Å². The predicted octanol–water partition coefficient (Wildman–Crippen LogP) is 2.95. The first-order chi connectivity index (χ1) is 8.68. The topological polar surface area (TPSA) is 55.1 Å². The summed E-state index contributed by atoms with van der Waals surface area (Å²) in [6.45, 7) is 2.92. The normalized spacial score (nSPS) is 14.5. The number of aromatic carboxylic acids is 1. The molecule has 0 spiro atoms. The number of carboxylic acids is 1. The Bertz CT molecular complexity index is 613. The third-order valence-electron chi connectivity index (χ3n) is 3.39. The highest BCUT2D eigenvalue weighted by Crippen LogP contribution is 2.32. The molecule has 3 rings (SSSR count). The first kappa shape index (κ1) is 11.5. The lowest BCUT2D eigenvalue weighted by atomic mass is 10.1. The van der Waals surface area contributed by atoms with E-state index in [0.29, 0.717) is 0 Å². The molecule has 0 saturated heterocycles. The van der Waals surface area contributed by atoms with Crippen molar-refractivity contribution in [2.24, 2.45) is 0 Å². The van der Waals surface area contributed by atoms with Crippen LogP contribution < -0.4 is 0 Å².